The molecule has 0 fully saturated rings. The van der Waals surface area contributed by atoms with E-state index >= 15 is 0 Å². The Bertz CT molecular complexity index is 500. The summed E-state index contributed by atoms with van der Waals surface area (Å²) in [6.45, 7) is 6.53. The standard InChI is InChI=1S/C13H15NO5/c1-4-13(3,19-10(2)15)9-18-12-7-5-6-11(8-12)14(16)17/h4-8H,1,9H2,2-3H3. The molecule has 0 spiro atoms. The first-order chi connectivity index (χ1) is 8.86. The second-order valence-corrected chi connectivity index (χ2v) is 4.15. The van der Waals surface area contributed by atoms with Gasteiger partial charge in [-0.3, -0.25) is 14.9 Å². The minimum absolute atomic E-state index is 0.0250. The van der Waals surface area contributed by atoms with Gasteiger partial charge in [-0.25, -0.2) is 0 Å². The van der Waals surface area contributed by atoms with Crippen LogP contribution in [-0.4, -0.2) is 23.1 Å². The van der Waals surface area contributed by atoms with Crippen molar-refractivity contribution < 1.29 is 19.2 Å². The van der Waals surface area contributed by atoms with E-state index in [0.717, 1.165) is 0 Å². The lowest BCUT2D eigenvalue weighted by molar-refractivity contribution is -0.384. The zero-order valence-electron chi connectivity index (χ0n) is 10.8. The molecular weight excluding hydrogens is 250 g/mol. The minimum atomic E-state index is -0.976. The Morgan fingerprint density at radius 3 is 2.79 bits per heavy atom. The fourth-order valence-electron chi connectivity index (χ4n) is 1.37. The Morgan fingerprint density at radius 1 is 1.58 bits per heavy atom. The molecule has 0 aromatic heterocycles. The van der Waals surface area contributed by atoms with Crippen LogP contribution in [0.3, 0.4) is 0 Å². The van der Waals surface area contributed by atoms with Crippen molar-refractivity contribution in [1.82, 2.24) is 0 Å². The van der Waals surface area contributed by atoms with Crippen LogP contribution in [0, 0.1) is 10.1 Å². The second kappa shape index (κ2) is 5.99. The Balaban J connectivity index is 2.74. The first-order valence-corrected chi connectivity index (χ1v) is 5.57. The first kappa shape index (κ1) is 14.7. The van der Waals surface area contributed by atoms with Crippen LogP contribution in [0.15, 0.2) is 36.9 Å². The quantitative estimate of drug-likeness (QED) is 0.341. The van der Waals surface area contributed by atoms with E-state index < -0.39 is 16.5 Å². The fourth-order valence-corrected chi connectivity index (χ4v) is 1.37. The number of nitrogens with zero attached hydrogens (tertiary/aromatic N) is 1. The summed E-state index contributed by atoms with van der Waals surface area (Å²) in [6, 6.07) is 5.78. The van der Waals surface area contributed by atoms with Crippen molar-refractivity contribution in [2.24, 2.45) is 0 Å². The van der Waals surface area contributed by atoms with Crippen LogP contribution in [0.25, 0.3) is 0 Å². The van der Waals surface area contributed by atoms with Crippen molar-refractivity contribution in [1.29, 1.82) is 0 Å². The molecule has 1 aromatic carbocycles. The number of nitro benzene ring substituents is 1. The number of benzene rings is 1. The van der Waals surface area contributed by atoms with Crippen molar-refractivity contribution in [2.45, 2.75) is 19.4 Å². The molecule has 6 heteroatoms. The predicted molar refractivity (Wildman–Crippen MR) is 69.0 cm³/mol. The van der Waals surface area contributed by atoms with Gasteiger partial charge in [-0.1, -0.05) is 12.6 Å². The molecule has 0 aliphatic heterocycles. The number of rotatable bonds is 6. The van der Waals surface area contributed by atoms with Crippen LogP contribution >= 0.6 is 0 Å². The molecule has 0 saturated heterocycles. The number of nitro groups is 1. The predicted octanol–water partition coefficient (Wildman–Crippen LogP) is 2.48. The van der Waals surface area contributed by atoms with E-state index in [2.05, 4.69) is 6.58 Å². The Morgan fingerprint density at radius 2 is 2.26 bits per heavy atom. The van der Waals surface area contributed by atoms with Crippen LogP contribution in [0.4, 0.5) is 5.69 Å². The Kier molecular flexibility index (Phi) is 4.63. The molecule has 0 heterocycles. The van der Waals surface area contributed by atoms with Crippen molar-refractivity contribution in [2.75, 3.05) is 6.61 Å². The highest BCUT2D eigenvalue weighted by Gasteiger charge is 2.25. The van der Waals surface area contributed by atoms with Gasteiger partial charge >= 0.3 is 5.97 Å². The molecule has 0 bridgehead atoms. The number of carbonyl (C=O) groups is 1. The van der Waals surface area contributed by atoms with Crippen LogP contribution in [0.1, 0.15) is 13.8 Å². The highest BCUT2D eigenvalue weighted by molar-refractivity contribution is 5.66. The summed E-state index contributed by atoms with van der Waals surface area (Å²) in [5.41, 5.74) is -1.04. The highest BCUT2D eigenvalue weighted by Crippen LogP contribution is 2.21. The summed E-state index contributed by atoms with van der Waals surface area (Å²) in [5, 5.41) is 10.6. The van der Waals surface area contributed by atoms with Crippen LogP contribution in [0.2, 0.25) is 0 Å². The van der Waals surface area contributed by atoms with Crippen LogP contribution in [0.5, 0.6) is 5.75 Å². The zero-order valence-corrected chi connectivity index (χ0v) is 10.8. The monoisotopic (exact) mass is 265 g/mol. The molecule has 0 aliphatic carbocycles. The molecule has 19 heavy (non-hydrogen) atoms. The third-order valence-corrected chi connectivity index (χ3v) is 2.36. The maximum Gasteiger partial charge on any atom is 0.303 e. The zero-order chi connectivity index (χ0) is 14.5. The second-order valence-electron chi connectivity index (χ2n) is 4.15. The number of hydrogen-bond donors (Lipinski definition) is 0. The van der Waals surface area contributed by atoms with Gasteiger partial charge in [0.15, 0.2) is 5.60 Å². The fraction of sp³-hybridized carbons (Fsp3) is 0.308. The minimum Gasteiger partial charge on any atom is -0.489 e. The summed E-state index contributed by atoms with van der Waals surface area (Å²) in [7, 11) is 0. The number of ether oxygens (including phenoxy) is 2. The average Bonchev–Trinajstić information content (AvgIpc) is 2.36. The van der Waals surface area contributed by atoms with E-state index in [1.807, 2.05) is 0 Å². The maximum atomic E-state index is 11.0. The van der Waals surface area contributed by atoms with Gasteiger partial charge in [0, 0.05) is 13.0 Å². The van der Waals surface area contributed by atoms with Gasteiger partial charge in [0.1, 0.15) is 12.4 Å². The average molecular weight is 265 g/mol. The smallest absolute Gasteiger partial charge is 0.303 e. The van der Waals surface area contributed by atoms with E-state index in [9.17, 15) is 14.9 Å². The Labute approximate surface area is 110 Å². The molecule has 1 unspecified atom stereocenters. The number of esters is 1. The van der Waals surface area contributed by atoms with Crippen molar-refractivity contribution in [3.63, 3.8) is 0 Å². The van der Waals surface area contributed by atoms with Gasteiger partial charge in [-0.2, -0.15) is 0 Å². The molecule has 6 nitrogen and oxygen atoms in total. The molecule has 0 saturated carbocycles. The van der Waals surface area contributed by atoms with Gasteiger partial charge in [-0.15, -0.1) is 0 Å². The third-order valence-electron chi connectivity index (χ3n) is 2.36. The summed E-state index contributed by atoms with van der Waals surface area (Å²) < 4.78 is 10.5. The van der Waals surface area contributed by atoms with Crippen molar-refractivity contribution in [3.05, 3.63) is 47.0 Å². The van der Waals surface area contributed by atoms with Crippen LogP contribution < -0.4 is 4.74 Å². The van der Waals surface area contributed by atoms with Crippen molar-refractivity contribution in [3.8, 4) is 5.75 Å². The molecule has 0 N–H and O–H groups in total. The Hall–Kier alpha value is -2.37. The molecule has 0 amide bonds. The van der Waals surface area contributed by atoms with E-state index in [-0.39, 0.29) is 12.3 Å². The SMILES string of the molecule is C=CC(C)(COc1cccc([N+](=O)[O-])c1)OC(C)=O. The summed E-state index contributed by atoms with van der Waals surface area (Å²) in [5.74, 6) is -0.125. The molecule has 1 aromatic rings. The normalized spacial score (nSPS) is 13.2. The van der Waals surface area contributed by atoms with E-state index in [1.165, 1.54) is 31.2 Å². The molecule has 0 radical (unpaired) electrons. The lowest BCUT2D eigenvalue weighted by atomic mass is 10.1. The van der Waals surface area contributed by atoms with E-state index in [0.29, 0.717) is 5.75 Å². The van der Waals surface area contributed by atoms with E-state index in [1.54, 1.807) is 13.0 Å². The van der Waals surface area contributed by atoms with E-state index in [4.69, 9.17) is 9.47 Å². The molecule has 102 valence electrons. The van der Waals surface area contributed by atoms with Crippen molar-refractivity contribution >= 4 is 11.7 Å². The van der Waals surface area contributed by atoms with Gasteiger partial charge in [0.2, 0.25) is 0 Å². The third kappa shape index (κ3) is 4.42. The summed E-state index contributed by atoms with van der Waals surface area (Å²) in [6.07, 6.45) is 1.45. The lowest BCUT2D eigenvalue weighted by Crippen LogP contribution is -2.35. The number of carbonyl (C=O) groups excluding carboxylic acids is 1. The first-order valence-electron chi connectivity index (χ1n) is 5.57. The van der Waals surface area contributed by atoms with Crippen LogP contribution in [-0.2, 0) is 9.53 Å². The highest BCUT2D eigenvalue weighted by atomic mass is 16.6. The topological polar surface area (TPSA) is 78.7 Å². The lowest BCUT2D eigenvalue weighted by Gasteiger charge is -2.25. The van der Waals surface area contributed by atoms with Gasteiger partial charge in [0.05, 0.1) is 11.0 Å². The molecule has 1 atom stereocenters. The molecular formula is C13H15NO5. The number of hydrogen-bond acceptors (Lipinski definition) is 5. The molecule has 0 aliphatic rings. The molecule has 1 rings (SSSR count). The largest absolute Gasteiger partial charge is 0.489 e. The summed E-state index contributed by atoms with van der Waals surface area (Å²) >= 11 is 0. The number of non-ortho nitro benzene ring substituents is 1. The summed E-state index contributed by atoms with van der Waals surface area (Å²) in [4.78, 5) is 21.1. The van der Waals surface area contributed by atoms with Gasteiger partial charge < -0.3 is 9.47 Å². The maximum absolute atomic E-state index is 11.0. The van der Waals surface area contributed by atoms with Gasteiger partial charge in [0.25, 0.3) is 5.69 Å². The van der Waals surface area contributed by atoms with Gasteiger partial charge in [-0.05, 0) is 19.1 Å².